The van der Waals surface area contributed by atoms with Crippen LogP contribution in [0.5, 0.6) is 5.75 Å². The number of imide groups is 1. The summed E-state index contributed by atoms with van der Waals surface area (Å²) >= 11 is 0. The summed E-state index contributed by atoms with van der Waals surface area (Å²) in [4.78, 5) is 27.2. The molecule has 3 fully saturated rings. The standard InChI is InChI=1S/C22H29NO6/c1-4-5-23-20(26)15-8-14(10-24)22(28)16(18(15)21(23)27)9-17(29-22)13-6-11(2)19(25)12(3)7-13/h6-7,14-18,24-25,28H,4-5,8-10H2,1-3H3/t14-,15+,16+,17+,18+,22-/m1/s1. The highest BCUT2D eigenvalue weighted by Gasteiger charge is 2.66. The van der Waals surface area contributed by atoms with E-state index in [1.54, 1.807) is 13.8 Å². The molecule has 1 aliphatic carbocycles. The second-order valence-corrected chi connectivity index (χ2v) is 8.78. The first-order valence-electron chi connectivity index (χ1n) is 10.4. The number of aryl methyl sites for hydroxylation is 2. The van der Waals surface area contributed by atoms with Gasteiger partial charge in [0.15, 0.2) is 5.79 Å². The lowest BCUT2D eigenvalue weighted by molar-refractivity contribution is -0.274. The van der Waals surface area contributed by atoms with E-state index in [2.05, 4.69) is 0 Å². The Labute approximate surface area is 170 Å². The minimum Gasteiger partial charge on any atom is -0.507 e. The first-order valence-corrected chi connectivity index (χ1v) is 10.4. The van der Waals surface area contributed by atoms with Gasteiger partial charge in [-0.05, 0) is 61.9 Å². The minimum absolute atomic E-state index is 0.192. The maximum absolute atomic E-state index is 13.1. The summed E-state index contributed by atoms with van der Waals surface area (Å²) in [6, 6.07) is 3.65. The predicted molar refractivity (Wildman–Crippen MR) is 104 cm³/mol. The zero-order valence-electron chi connectivity index (χ0n) is 17.1. The van der Waals surface area contributed by atoms with Crippen LogP contribution >= 0.6 is 0 Å². The molecule has 0 spiro atoms. The maximum atomic E-state index is 13.1. The third-order valence-corrected chi connectivity index (χ3v) is 7.01. The molecule has 158 valence electrons. The summed E-state index contributed by atoms with van der Waals surface area (Å²) in [5.41, 5.74) is 2.24. The number of benzene rings is 1. The van der Waals surface area contributed by atoms with Crippen LogP contribution in [-0.4, -0.2) is 51.0 Å². The van der Waals surface area contributed by atoms with E-state index in [1.807, 2.05) is 19.1 Å². The van der Waals surface area contributed by atoms with E-state index < -0.39 is 35.6 Å². The number of aromatic hydroxyl groups is 1. The third-order valence-electron chi connectivity index (χ3n) is 7.01. The number of carbonyl (C=O) groups excluding carboxylic acids is 2. The van der Waals surface area contributed by atoms with Gasteiger partial charge in [-0.1, -0.05) is 6.92 Å². The SMILES string of the molecule is CCCN1C(=O)[C@H]2[C@H](C[C@H](CO)[C@@]3(O)O[C@H](c4cc(C)c(O)c(C)c4)C[C@@H]23)C1=O. The van der Waals surface area contributed by atoms with Gasteiger partial charge in [-0.15, -0.1) is 0 Å². The Morgan fingerprint density at radius 3 is 2.41 bits per heavy atom. The predicted octanol–water partition coefficient (Wildman–Crippen LogP) is 1.80. The first kappa shape index (κ1) is 20.3. The van der Waals surface area contributed by atoms with Crippen molar-refractivity contribution >= 4 is 11.8 Å². The van der Waals surface area contributed by atoms with Crippen LogP contribution in [0.4, 0.5) is 0 Å². The molecule has 7 nitrogen and oxygen atoms in total. The number of amides is 2. The van der Waals surface area contributed by atoms with Crippen LogP contribution in [0.15, 0.2) is 12.1 Å². The topological polar surface area (TPSA) is 107 Å². The lowest BCUT2D eigenvalue weighted by atomic mass is 9.64. The summed E-state index contributed by atoms with van der Waals surface area (Å²) in [7, 11) is 0. The fourth-order valence-electron chi connectivity index (χ4n) is 5.58. The maximum Gasteiger partial charge on any atom is 0.233 e. The molecule has 2 amide bonds. The highest BCUT2D eigenvalue weighted by atomic mass is 16.6. The highest BCUT2D eigenvalue weighted by Crippen LogP contribution is 2.58. The number of ether oxygens (including phenoxy) is 1. The van der Waals surface area contributed by atoms with Gasteiger partial charge in [0.2, 0.25) is 11.8 Å². The number of hydrogen-bond acceptors (Lipinski definition) is 6. The van der Waals surface area contributed by atoms with E-state index in [9.17, 15) is 24.9 Å². The summed E-state index contributed by atoms with van der Waals surface area (Å²) in [5, 5.41) is 31.5. The average Bonchev–Trinajstić information content (AvgIpc) is 3.15. The van der Waals surface area contributed by atoms with E-state index in [1.165, 1.54) is 4.90 Å². The van der Waals surface area contributed by atoms with Gasteiger partial charge in [-0.3, -0.25) is 14.5 Å². The number of hydrogen-bond donors (Lipinski definition) is 3. The second-order valence-electron chi connectivity index (χ2n) is 8.78. The van der Waals surface area contributed by atoms with E-state index in [0.29, 0.717) is 30.5 Å². The summed E-state index contributed by atoms with van der Waals surface area (Å²) in [6.45, 7) is 5.58. The number of carbonyl (C=O) groups is 2. The van der Waals surface area contributed by atoms with Crippen molar-refractivity contribution in [1.29, 1.82) is 0 Å². The zero-order valence-corrected chi connectivity index (χ0v) is 17.1. The molecule has 2 aliphatic heterocycles. The summed E-state index contributed by atoms with van der Waals surface area (Å²) in [5.74, 6) is -4.17. The molecule has 2 saturated heterocycles. The largest absolute Gasteiger partial charge is 0.507 e. The van der Waals surface area contributed by atoms with Crippen LogP contribution in [0.3, 0.4) is 0 Å². The van der Waals surface area contributed by atoms with Gasteiger partial charge in [-0.25, -0.2) is 0 Å². The van der Waals surface area contributed by atoms with Crippen LogP contribution in [0.25, 0.3) is 0 Å². The molecule has 2 heterocycles. The molecular weight excluding hydrogens is 374 g/mol. The molecule has 1 aromatic rings. The minimum atomic E-state index is -1.65. The monoisotopic (exact) mass is 403 g/mol. The summed E-state index contributed by atoms with van der Waals surface area (Å²) < 4.78 is 6.11. The number of aliphatic hydroxyl groups excluding tert-OH is 1. The van der Waals surface area contributed by atoms with Crippen molar-refractivity contribution in [2.24, 2.45) is 23.7 Å². The van der Waals surface area contributed by atoms with E-state index in [-0.39, 0.29) is 30.6 Å². The highest BCUT2D eigenvalue weighted by molar-refractivity contribution is 6.05. The summed E-state index contributed by atoms with van der Waals surface area (Å²) in [6.07, 6.45) is 0.829. The molecule has 1 saturated carbocycles. The molecule has 3 aliphatic rings. The van der Waals surface area contributed by atoms with Gasteiger partial charge in [0.25, 0.3) is 0 Å². The number of fused-ring (bicyclic) bond motifs is 3. The molecule has 6 atom stereocenters. The van der Waals surface area contributed by atoms with Crippen LogP contribution in [0.1, 0.15) is 49.0 Å². The molecule has 3 N–H and O–H groups in total. The van der Waals surface area contributed by atoms with Crippen molar-refractivity contribution in [2.75, 3.05) is 13.2 Å². The fourth-order valence-corrected chi connectivity index (χ4v) is 5.58. The fraction of sp³-hybridized carbons (Fsp3) is 0.636. The Balaban J connectivity index is 1.71. The molecular formula is C22H29NO6. The number of rotatable bonds is 4. The molecule has 0 aromatic heterocycles. The quantitative estimate of drug-likeness (QED) is 0.662. The lowest BCUT2D eigenvalue weighted by Crippen LogP contribution is -2.54. The van der Waals surface area contributed by atoms with E-state index >= 15 is 0 Å². The Bertz CT molecular complexity index is 831. The van der Waals surface area contributed by atoms with Crippen molar-refractivity contribution in [1.82, 2.24) is 4.90 Å². The molecule has 0 radical (unpaired) electrons. The van der Waals surface area contributed by atoms with Crippen molar-refractivity contribution < 1.29 is 29.6 Å². The molecule has 29 heavy (non-hydrogen) atoms. The van der Waals surface area contributed by atoms with E-state index in [0.717, 1.165) is 5.56 Å². The number of phenols is 1. The normalized spacial score (nSPS) is 36.4. The van der Waals surface area contributed by atoms with Gasteiger partial charge < -0.3 is 20.1 Å². The van der Waals surface area contributed by atoms with Crippen LogP contribution in [0, 0.1) is 37.5 Å². The van der Waals surface area contributed by atoms with Crippen LogP contribution < -0.4 is 0 Å². The number of phenolic OH excluding ortho intramolecular Hbond substituents is 1. The molecule has 0 unspecified atom stereocenters. The van der Waals surface area contributed by atoms with Crippen molar-refractivity contribution in [3.8, 4) is 5.75 Å². The Morgan fingerprint density at radius 2 is 1.83 bits per heavy atom. The zero-order chi connectivity index (χ0) is 21.1. The third kappa shape index (κ3) is 2.90. The Kier molecular flexibility index (Phi) is 4.96. The molecule has 1 aromatic carbocycles. The Hall–Kier alpha value is -1.96. The number of nitrogens with zero attached hydrogens (tertiary/aromatic N) is 1. The number of aliphatic hydroxyl groups is 2. The Morgan fingerprint density at radius 1 is 1.17 bits per heavy atom. The van der Waals surface area contributed by atoms with Crippen molar-refractivity contribution in [3.63, 3.8) is 0 Å². The van der Waals surface area contributed by atoms with E-state index in [4.69, 9.17) is 4.74 Å². The molecule has 7 heteroatoms. The van der Waals surface area contributed by atoms with Crippen LogP contribution in [-0.2, 0) is 14.3 Å². The smallest absolute Gasteiger partial charge is 0.233 e. The van der Waals surface area contributed by atoms with Gasteiger partial charge in [0.05, 0.1) is 24.5 Å². The molecule has 0 bridgehead atoms. The van der Waals surface area contributed by atoms with Crippen molar-refractivity contribution in [3.05, 3.63) is 28.8 Å². The van der Waals surface area contributed by atoms with Gasteiger partial charge in [0, 0.05) is 18.4 Å². The average molecular weight is 403 g/mol. The first-order chi connectivity index (χ1) is 13.7. The lowest BCUT2D eigenvalue weighted by Gasteiger charge is -2.44. The van der Waals surface area contributed by atoms with Gasteiger partial charge >= 0.3 is 0 Å². The van der Waals surface area contributed by atoms with Gasteiger partial charge in [0.1, 0.15) is 5.75 Å². The van der Waals surface area contributed by atoms with Gasteiger partial charge in [-0.2, -0.15) is 0 Å². The van der Waals surface area contributed by atoms with Crippen LogP contribution in [0.2, 0.25) is 0 Å². The molecule has 4 rings (SSSR count). The number of likely N-dealkylation sites (tertiary alicyclic amines) is 1. The second kappa shape index (κ2) is 7.07. The van der Waals surface area contributed by atoms with Crippen molar-refractivity contribution in [2.45, 2.75) is 51.9 Å².